The van der Waals surface area contributed by atoms with Crippen LogP contribution in [0.25, 0.3) is 0 Å². The molecule has 1 aromatic heterocycles. The van der Waals surface area contributed by atoms with Gasteiger partial charge in [0.15, 0.2) is 0 Å². The minimum atomic E-state index is -0.862. The van der Waals surface area contributed by atoms with E-state index < -0.39 is 22.9 Å². The average molecular weight is 281 g/mol. The summed E-state index contributed by atoms with van der Waals surface area (Å²) in [6.07, 6.45) is 0. The van der Waals surface area contributed by atoms with Crippen LogP contribution in [-0.4, -0.2) is 21.1 Å². The second-order valence-electron chi connectivity index (χ2n) is 3.77. The predicted molar refractivity (Wildman–Crippen MR) is 69.6 cm³/mol. The van der Waals surface area contributed by atoms with Crippen LogP contribution in [-0.2, 0) is 0 Å². The van der Waals surface area contributed by atoms with E-state index in [2.05, 4.69) is 10.4 Å². The van der Waals surface area contributed by atoms with Crippen LogP contribution < -0.4 is 16.6 Å². The van der Waals surface area contributed by atoms with E-state index in [9.17, 15) is 14.4 Å². The number of aromatic amines is 2. The number of carbonyl (C=O) groups excluding carboxylic acids is 1. The van der Waals surface area contributed by atoms with Crippen molar-refractivity contribution in [2.45, 2.75) is 6.92 Å². The molecule has 3 N–H and O–H groups in total. The lowest BCUT2D eigenvalue weighted by molar-refractivity contribution is 0.101. The molecule has 0 aliphatic heterocycles. The zero-order valence-corrected chi connectivity index (χ0v) is 10.5. The van der Waals surface area contributed by atoms with E-state index in [0.717, 1.165) is 5.56 Å². The molecule has 0 unspecified atom stereocenters. The third-order valence-corrected chi connectivity index (χ3v) is 2.76. The number of aromatic nitrogens is 3. The fraction of sp³-hybridized carbons (Fsp3) is 0.0909. The van der Waals surface area contributed by atoms with Crippen LogP contribution in [0.3, 0.4) is 0 Å². The summed E-state index contributed by atoms with van der Waals surface area (Å²) in [5.41, 5.74) is -0.789. The molecule has 0 saturated carbocycles. The van der Waals surface area contributed by atoms with Gasteiger partial charge < -0.3 is 5.32 Å². The summed E-state index contributed by atoms with van der Waals surface area (Å²) in [6.45, 7) is 1.82. The van der Waals surface area contributed by atoms with Gasteiger partial charge in [-0.15, -0.1) is 0 Å². The fourth-order valence-electron chi connectivity index (χ4n) is 1.36. The molecule has 0 saturated heterocycles. The minimum absolute atomic E-state index is 0.424. The quantitative estimate of drug-likeness (QED) is 0.751. The molecule has 1 heterocycles. The first-order valence-corrected chi connectivity index (χ1v) is 5.61. The van der Waals surface area contributed by atoms with Crippen LogP contribution in [0, 0.1) is 6.92 Å². The van der Waals surface area contributed by atoms with Crippen LogP contribution in [0.1, 0.15) is 16.1 Å². The third kappa shape index (κ3) is 2.89. The summed E-state index contributed by atoms with van der Waals surface area (Å²) in [5, 5.41) is 8.31. The molecule has 2 aromatic rings. The van der Waals surface area contributed by atoms with E-state index in [1.54, 1.807) is 18.2 Å². The van der Waals surface area contributed by atoms with Crippen LogP contribution in [0.4, 0.5) is 5.69 Å². The number of amides is 1. The van der Waals surface area contributed by atoms with Crippen LogP contribution in [0.2, 0.25) is 5.02 Å². The molecule has 19 heavy (non-hydrogen) atoms. The Hall–Kier alpha value is -2.41. The van der Waals surface area contributed by atoms with Crippen molar-refractivity contribution in [1.82, 2.24) is 15.2 Å². The Bertz CT molecular complexity index is 750. The van der Waals surface area contributed by atoms with Crippen molar-refractivity contribution in [3.05, 3.63) is 55.3 Å². The second-order valence-corrected chi connectivity index (χ2v) is 4.18. The molecule has 0 fully saturated rings. The largest absolute Gasteiger partial charge is 0.342 e. The molecule has 1 amide bonds. The molecule has 0 bridgehead atoms. The first-order valence-electron chi connectivity index (χ1n) is 5.24. The Balaban J connectivity index is 2.28. The average Bonchev–Trinajstić information content (AvgIpc) is 2.33. The smallest absolute Gasteiger partial charge is 0.320 e. The Labute approximate surface area is 111 Å². The Kier molecular flexibility index (Phi) is 3.48. The molecule has 0 radical (unpaired) electrons. The van der Waals surface area contributed by atoms with Gasteiger partial charge in [-0.3, -0.25) is 14.6 Å². The van der Waals surface area contributed by atoms with E-state index in [1.807, 2.05) is 17.0 Å². The number of halogens is 1. The SMILES string of the molecule is Cc1ccc(NC(=O)c2n[nH]c(=O)[nH]c2=O)cc1Cl. The number of aryl methyl sites for hydroxylation is 1. The molecule has 0 aliphatic carbocycles. The van der Waals surface area contributed by atoms with Gasteiger partial charge >= 0.3 is 5.69 Å². The van der Waals surface area contributed by atoms with E-state index in [0.29, 0.717) is 10.7 Å². The van der Waals surface area contributed by atoms with Gasteiger partial charge in [0, 0.05) is 10.7 Å². The number of hydrogen-bond donors (Lipinski definition) is 3. The Morgan fingerprint density at radius 3 is 2.74 bits per heavy atom. The number of hydrogen-bond acceptors (Lipinski definition) is 4. The van der Waals surface area contributed by atoms with E-state index in [-0.39, 0.29) is 0 Å². The van der Waals surface area contributed by atoms with Gasteiger partial charge in [-0.2, -0.15) is 5.10 Å². The zero-order chi connectivity index (χ0) is 14.0. The normalized spacial score (nSPS) is 10.2. The van der Waals surface area contributed by atoms with Gasteiger partial charge in [0.25, 0.3) is 11.5 Å². The number of rotatable bonds is 2. The lowest BCUT2D eigenvalue weighted by Crippen LogP contribution is -2.32. The standard InChI is InChI=1S/C11H9ClN4O3/c1-5-2-3-6(4-7(5)12)13-9(17)8-10(18)14-11(19)16-15-8/h2-4H,1H3,(H,13,17)(H2,14,16,18,19). The summed E-state index contributed by atoms with van der Waals surface area (Å²) in [6, 6.07) is 4.91. The molecule has 8 heteroatoms. The van der Waals surface area contributed by atoms with Gasteiger partial charge in [-0.25, -0.2) is 9.89 Å². The van der Waals surface area contributed by atoms with E-state index in [4.69, 9.17) is 11.6 Å². The number of nitrogens with one attached hydrogen (secondary N) is 3. The van der Waals surface area contributed by atoms with Gasteiger partial charge in [0.1, 0.15) is 0 Å². The van der Waals surface area contributed by atoms with Crippen molar-refractivity contribution in [1.29, 1.82) is 0 Å². The molecule has 0 atom stereocenters. The van der Waals surface area contributed by atoms with Crippen molar-refractivity contribution >= 4 is 23.2 Å². The first kappa shape index (κ1) is 13.0. The number of nitrogens with zero attached hydrogens (tertiary/aromatic N) is 1. The van der Waals surface area contributed by atoms with Gasteiger partial charge in [-0.05, 0) is 24.6 Å². The van der Waals surface area contributed by atoms with Gasteiger partial charge in [-0.1, -0.05) is 17.7 Å². The summed E-state index contributed by atoms with van der Waals surface area (Å²) in [5.74, 6) is -0.739. The summed E-state index contributed by atoms with van der Waals surface area (Å²) >= 11 is 5.91. The van der Waals surface area contributed by atoms with Gasteiger partial charge in [0.2, 0.25) is 5.69 Å². The van der Waals surface area contributed by atoms with E-state index >= 15 is 0 Å². The lowest BCUT2D eigenvalue weighted by Gasteiger charge is -2.05. The molecule has 0 aliphatic rings. The molecule has 0 spiro atoms. The van der Waals surface area contributed by atoms with Crippen LogP contribution in [0.15, 0.2) is 27.8 Å². The van der Waals surface area contributed by atoms with Crippen molar-refractivity contribution in [3.63, 3.8) is 0 Å². The van der Waals surface area contributed by atoms with Crippen molar-refractivity contribution in [2.24, 2.45) is 0 Å². The topological polar surface area (TPSA) is 108 Å². The Morgan fingerprint density at radius 2 is 2.11 bits per heavy atom. The lowest BCUT2D eigenvalue weighted by atomic mass is 10.2. The Morgan fingerprint density at radius 1 is 1.37 bits per heavy atom. The third-order valence-electron chi connectivity index (χ3n) is 2.36. The number of benzene rings is 1. The summed E-state index contributed by atoms with van der Waals surface area (Å²) in [4.78, 5) is 35.8. The monoisotopic (exact) mass is 280 g/mol. The van der Waals surface area contributed by atoms with Gasteiger partial charge in [0.05, 0.1) is 0 Å². The highest BCUT2D eigenvalue weighted by Gasteiger charge is 2.13. The number of anilines is 1. The number of H-pyrrole nitrogens is 2. The summed E-state index contributed by atoms with van der Waals surface area (Å²) in [7, 11) is 0. The zero-order valence-electron chi connectivity index (χ0n) is 9.78. The first-order chi connectivity index (χ1) is 8.97. The maximum absolute atomic E-state index is 11.8. The van der Waals surface area contributed by atoms with E-state index in [1.165, 1.54) is 0 Å². The summed E-state index contributed by atoms with van der Waals surface area (Å²) < 4.78 is 0. The molecule has 1 aromatic carbocycles. The molecular weight excluding hydrogens is 272 g/mol. The molecule has 2 rings (SSSR count). The van der Waals surface area contributed by atoms with Crippen molar-refractivity contribution in [3.8, 4) is 0 Å². The minimum Gasteiger partial charge on any atom is -0.320 e. The maximum atomic E-state index is 11.8. The fourth-order valence-corrected chi connectivity index (χ4v) is 1.54. The van der Waals surface area contributed by atoms with Crippen LogP contribution >= 0.6 is 11.6 Å². The van der Waals surface area contributed by atoms with Crippen molar-refractivity contribution < 1.29 is 4.79 Å². The predicted octanol–water partition coefficient (Wildman–Crippen LogP) is 0.672. The molecule has 7 nitrogen and oxygen atoms in total. The highest BCUT2D eigenvalue weighted by Crippen LogP contribution is 2.19. The molecule has 98 valence electrons. The highest BCUT2D eigenvalue weighted by atomic mass is 35.5. The molecular formula is C11H9ClN4O3. The van der Waals surface area contributed by atoms with Crippen molar-refractivity contribution in [2.75, 3.05) is 5.32 Å². The van der Waals surface area contributed by atoms with Crippen LogP contribution in [0.5, 0.6) is 0 Å². The number of carbonyl (C=O) groups is 1. The highest BCUT2D eigenvalue weighted by molar-refractivity contribution is 6.31. The second kappa shape index (κ2) is 5.07. The maximum Gasteiger partial charge on any atom is 0.342 e.